The molecule has 1 N–H and O–H groups in total. The number of hydrogen-bond acceptors (Lipinski definition) is 4. The molecule has 1 saturated heterocycles. The molecule has 1 aliphatic carbocycles. The van der Waals surface area contributed by atoms with Crippen molar-refractivity contribution in [1.82, 2.24) is 5.32 Å². The van der Waals surface area contributed by atoms with Crippen molar-refractivity contribution in [3.05, 3.63) is 59.2 Å². The first kappa shape index (κ1) is 17.0. The Kier molecular flexibility index (Phi) is 4.16. The lowest BCUT2D eigenvalue weighted by atomic mass is 9.83. The monoisotopic (exact) mass is 349 g/mol. The Morgan fingerprint density at radius 2 is 1.65 bits per heavy atom. The molecule has 4 rings (SSSR count). The van der Waals surface area contributed by atoms with Gasteiger partial charge in [-0.15, -0.1) is 0 Å². The molecule has 0 spiro atoms. The first-order valence-electron chi connectivity index (χ1n) is 9.20. The van der Waals surface area contributed by atoms with Crippen LogP contribution < -0.4 is 5.32 Å². The maximum absolute atomic E-state index is 13.0. The summed E-state index contributed by atoms with van der Waals surface area (Å²) in [5.41, 5.74) is 2.64. The van der Waals surface area contributed by atoms with Crippen molar-refractivity contribution < 1.29 is 14.3 Å². The standard InChI is InChI=1S/C22H23NO3/c1-22(2,14-10-12-23-13-11-14)26-21(25)18-9-5-8-16-15-6-3-4-7-17(15)20(24)19(16)18/h3-9,14,23H,10-13H2,1-2H3. The quantitative estimate of drug-likeness (QED) is 0.730. The highest BCUT2D eigenvalue weighted by molar-refractivity contribution is 6.25. The SMILES string of the molecule is CC(C)(OC(=O)c1cccc2c1C(=O)c1ccccc1-2)C1CCNCC1. The zero-order valence-corrected chi connectivity index (χ0v) is 15.2. The molecule has 0 aromatic heterocycles. The highest BCUT2D eigenvalue weighted by Gasteiger charge is 2.37. The largest absolute Gasteiger partial charge is 0.456 e. The zero-order chi connectivity index (χ0) is 18.3. The number of carbonyl (C=O) groups excluding carboxylic acids is 2. The topological polar surface area (TPSA) is 55.4 Å². The third-order valence-electron chi connectivity index (χ3n) is 5.65. The molecule has 1 fully saturated rings. The van der Waals surface area contributed by atoms with E-state index < -0.39 is 11.6 Å². The molecule has 134 valence electrons. The summed E-state index contributed by atoms with van der Waals surface area (Å²) in [5.74, 6) is -0.188. The molecule has 26 heavy (non-hydrogen) atoms. The maximum Gasteiger partial charge on any atom is 0.339 e. The molecule has 0 atom stereocenters. The van der Waals surface area contributed by atoms with Gasteiger partial charge in [-0.1, -0.05) is 36.4 Å². The van der Waals surface area contributed by atoms with Crippen LogP contribution in [0.4, 0.5) is 0 Å². The van der Waals surface area contributed by atoms with Gasteiger partial charge in [-0.2, -0.15) is 0 Å². The van der Waals surface area contributed by atoms with Crippen LogP contribution in [-0.4, -0.2) is 30.4 Å². The van der Waals surface area contributed by atoms with Gasteiger partial charge in [0.05, 0.1) is 5.56 Å². The minimum absolute atomic E-state index is 0.0946. The molecule has 0 amide bonds. The summed E-state index contributed by atoms with van der Waals surface area (Å²) in [6.07, 6.45) is 1.97. The predicted octanol–water partition coefficient (Wildman–Crippen LogP) is 3.83. The number of carbonyl (C=O) groups is 2. The van der Waals surface area contributed by atoms with Gasteiger partial charge in [-0.3, -0.25) is 4.79 Å². The number of hydrogen-bond donors (Lipinski definition) is 1. The third kappa shape index (κ3) is 2.74. The fraction of sp³-hybridized carbons (Fsp3) is 0.364. The Morgan fingerprint density at radius 3 is 2.38 bits per heavy atom. The Balaban J connectivity index is 1.65. The molecule has 2 aromatic carbocycles. The smallest absolute Gasteiger partial charge is 0.339 e. The molecule has 0 radical (unpaired) electrons. The minimum Gasteiger partial charge on any atom is -0.456 e. The van der Waals surface area contributed by atoms with Crippen LogP contribution in [0.15, 0.2) is 42.5 Å². The van der Waals surface area contributed by atoms with Crippen LogP contribution in [0.25, 0.3) is 11.1 Å². The lowest BCUT2D eigenvalue weighted by Crippen LogP contribution is -2.42. The lowest BCUT2D eigenvalue weighted by Gasteiger charge is -2.36. The van der Waals surface area contributed by atoms with Crippen LogP contribution in [0.2, 0.25) is 0 Å². The lowest BCUT2D eigenvalue weighted by molar-refractivity contribution is -0.0368. The molecular formula is C22H23NO3. The molecule has 1 heterocycles. The van der Waals surface area contributed by atoms with Gasteiger partial charge in [0.15, 0.2) is 5.78 Å². The second kappa shape index (κ2) is 6.36. The summed E-state index contributed by atoms with van der Waals surface area (Å²) in [7, 11) is 0. The van der Waals surface area contributed by atoms with Crippen LogP contribution in [0.5, 0.6) is 0 Å². The fourth-order valence-electron chi connectivity index (χ4n) is 4.14. The van der Waals surface area contributed by atoms with E-state index >= 15 is 0 Å². The molecule has 2 aliphatic rings. The van der Waals surface area contributed by atoms with Gasteiger partial charge in [0.2, 0.25) is 0 Å². The number of rotatable bonds is 3. The van der Waals surface area contributed by atoms with Gasteiger partial charge in [0.25, 0.3) is 0 Å². The van der Waals surface area contributed by atoms with Crippen LogP contribution >= 0.6 is 0 Å². The molecule has 0 saturated carbocycles. The number of piperidine rings is 1. The average molecular weight is 349 g/mol. The fourth-order valence-corrected chi connectivity index (χ4v) is 4.14. The number of ether oxygens (including phenoxy) is 1. The van der Waals surface area contributed by atoms with Gasteiger partial charge < -0.3 is 10.1 Å². The van der Waals surface area contributed by atoms with Crippen molar-refractivity contribution >= 4 is 11.8 Å². The second-order valence-electron chi connectivity index (χ2n) is 7.62. The van der Waals surface area contributed by atoms with Crippen LogP contribution in [-0.2, 0) is 4.74 Å². The maximum atomic E-state index is 13.0. The molecule has 4 nitrogen and oxygen atoms in total. The van der Waals surface area contributed by atoms with Crippen molar-refractivity contribution in [2.24, 2.45) is 5.92 Å². The van der Waals surface area contributed by atoms with E-state index in [1.54, 1.807) is 6.07 Å². The van der Waals surface area contributed by atoms with Crippen molar-refractivity contribution in [2.75, 3.05) is 13.1 Å². The zero-order valence-electron chi connectivity index (χ0n) is 15.2. The summed E-state index contributed by atoms with van der Waals surface area (Å²) in [5, 5.41) is 3.34. The molecule has 0 bridgehead atoms. The molecule has 4 heteroatoms. The summed E-state index contributed by atoms with van der Waals surface area (Å²) in [6, 6.07) is 12.9. The Bertz CT molecular complexity index is 879. The van der Waals surface area contributed by atoms with E-state index in [1.165, 1.54) is 0 Å². The predicted molar refractivity (Wildman–Crippen MR) is 100 cm³/mol. The molecular weight excluding hydrogens is 326 g/mol. The van der Waals surface area contributed by atoms with Gasteiger partial charge >= 0.3 is 5.97 Å². The van der Waals surface area contributed by atoms with Gasteiger partial charge in [-0.05, 0) is 57.0 Å². The van der Waals surface area contributed by atoms with E-state index in [0.29, 0.717) is 22.6 Å². The van der Waals surface area contributed by atoms with E-state index in [-0.39, 0.29) is 5.78 Å². The number of fused-ring (bicyclic) bond motifs is 3. The number of esters is 1. The molecule has 2 aromatic rings. The highest BCUT2D eigenvalue weighted by atomic mass is 16.6. The van der Waals surface area contributed by atoms with Crippen molar-refractivity contribution in [1.29, 1.82) is 0 Å². The van der Waals surface area contributed by atoms with Crippen LogP contribution in [0.3, 0.4) is 0 Å². The van der Waals surface area contributed by atoms with Crippen molar-refractivity contribution in [2.45, 2.75) is 32.3 Å². The summed E-state index contributed by atoms with van der Waals surface area (Å²) >= 11 is 0. The van der Waals surface area contributed by atoms with Gasteiger partial charge in [0.1, 0.15) is 5.60 Å². The minimum atomic E-state index is -0.559. The van der Waals surface area contributed by atoms with Crippen LogP contribution in [0, 0.1) is 5.92 Å². The van der Waals surface area contributed by atoms with E-state index in [0.717, 1.165) is 37.1 Å². The van der Waals surface area contributed by atoms with E-state index in [9.17, 15) is 9.59 Å². The van der Waals surface area contributed by atoms with Crippen molar-refractivity contribution in [3.8, 4) is 11.1 Å². The van der Waals surface area contributed by atoms with Crippen molar-refractivity contribution in [3.63, 3.8) is 0 Å². The Morgan fingerprint density at radius 1 is 1.00 bits per heavy atom. The normalized spacial score (nSPS) is 16.9. The Hall–Kier alpha value is -2.46. The van der Waals surface area contributed by atoms with E-state index in [2.05, 4.69) is 5.32 Å². The number of ketones is 1. The van der Waals surface area contributed by atoms with Gasteiger partial charge in [-0.25, -0.2) is 4.79 Å². The van der Waals surface area contributed by atoms with E-state index in [1.807, 2.05) is 50.2 Å². The van der Waals surface area contributed by atoms with Gasteiger partial charge in [0, 0.05) is 17.0 Å². The summed E-state index contributed by atoms with van der Waals surface area (Å²) < 4.78 is 5.92. The summed E-state index contributed by atoms with van der Waals surface area (Å²) in [6.45, 7) is 5.83. The first-order valence-corrected chi connectivity index (χ1v) is 9.20. The highest BCUT2D eigenvalue weighted by Crippen LogP contribution is 2.39. The van der Waals surface area contributed by atoms with E-state index in [4.69, 9.17) is 4.74 Å². The van der Waals surface area contributed by atoms with Crippen LogP contribution in [0.1, 0.15) is 53.0 Å². The molecule has 0 unspecified atom stereocenters. The third-order valence-corrected chi connectivity index (χ3v) is 5.65. The second-order valence-corrected chi connectivity index (χ2v) is 7.62. The molecule has 1 aliphatic heterocycles. The summed E-state index contributed by atoms with van der Waals surface area (Å²) in [4.78, 5) is 25.8. The number of nitrogens with one attached hydrogen (secondary N) is 1. The Labute approximate surface area is 153 Å². The first-order chi connectivity index (χ1) is 12.5. The number of benzene rings is 2. The average Bonchev–Trinajstić information content (AvgIpc) is 2.95.